The molecule has 0 spiro atoms. The quantitative estimate of drug-likeness (QED) is 0.221. The lowest BCUT2D eigenvalue weighted by molar-refractivity contribution is 0.211. The van der Waals surface area contributed by atoms with E-state index in [2.05, 4.69) is 45.2 Å². The van der Waals surface area contributed by atoms with Gasteiger partial charge in [0, 0.05) is 45.0 Å². The maximum Gasteiger partial charge on any atom is 0.191 e. The highest BCUT2D eigenvalue weighted by atomic mass is 127. The average Bonchev–Trinajstić information content (AvgIpc) is 2.69. The molecule has 0 radical (unpaired) electrons. The van der Waals surface area contributed by atoms with Crippen molar-refractivity contribution in [2.75, 3.05) is 39.7 Å². The van der Waals surface area contributed by atoms with Gasteiger partial charge < -0.3 is 25.4 Å². The Morgan fingerprint density at radius 1 is 0.963 bits per heavy atom. The van der Waals surface area contributed by atoms with Gasteiger partial charge in [-0.3, -0.25) is 4.99 Å². The van der Waals surface area contributed by atoms with E-state index in [1.54, 1.807) is 21.3 Å². The predicted molar refractivity (Wildman–Crippen MR) is 122 cm³/mol. The summed E-state index contributed by atoms with van der Waals surface area (Å²) in [6.07, 6.45) is 0. The molecule has 0 aliphatic heterocycles. The molecule has 0 aliphatic carbocycles. The van der Waals surface area contributed by atoms with Crippen LogP contribution < -0.4 is 20.7 Å². The number of ether oxygens (including phenoxy) is 2. The van der Waals surface area contributed by atoms with Gasteiger partial charge in [0.05, 0.1) is 13.7 Å². The first-order valence-electron chi connectivity index (χ1n) is 8.65. The van der Waals surface area contributed by atoms with Gasteiger partial charge in [0.25, 0.3) is 0 Å². The molecule has 0 unspecified atom stereocenters. The van der Waals surface area contributed by atoms with Gasteiger partial charge in [0.1, 0.15) is 5.75 Å². The molecule has 6 nitrogen and oxygen atoms in total. The second-order valence-corrected chi connectivity index (χ2v) is 5.71. The highest BCUT2D eigenvalue weighted by Gasteiger charge is 2.03. The smallest absolute Gasteiger partial charge is 0.191 e. The van der Waals surface area contributed by atoms with Crippen LogP contribution in [0.3, 0.4) is 0 Å². The minimum Gasteiger partial charge on any atom is -0.496 e. The number of nitrogens with one attached hydrogen (secondary N) is 3. The second kappa shape index (κ2) is 13.2. The Hall–Kier alpha value is -2.00. The van der Waals surface area contributed by atoms with E-state index in [9.17, 15) is 0 Å². The predicted octanol–water partition coefficient (Wildman–Crippen LogP) is 3.24. The van der Waals surface area contributed by atoms with E-state index < -0.39 is 0 Å². The van der Waals surface area contributed by atoms with Crippen LogP contribution in [0.4, 0.5) is 5.69 Å². The number of aliphatic imine (C=N–C) groups is 1. The molecule has 3 N–H and O–H groups in total. The van der Waals surface area contributed by atoms with Crippen molar-refractivity contribution < 1.29 is 9.47 Å². The summed E-state index contributed by atoms with van der Waals surface area (Å²) in [5, 5.41) is 9.94. The maximum absolute atomic E-state index is 5.37. The monoisotopic (exact) mass is 484 g/mol. The number of halogens is 1. The molecule has 2 aromatic rings. The molecule has 0 amide bonds. The number of hydrogen-bond acceptors (Lipinski definition) is 4. The minimum atomic E-state index is 0. The standard InChI is InChI=1S/C20H28N4O2.HI/c1-21-20(24-15-17-6-4-5-7-19(17)26-3)23-14-16-8-10-18(11-9-16)22-12-13-25-2;/h4-11,22H,12-15H2,1-3H3,(H2,21,23,24);1H. The van der Waals surface area contributed by atoms with Gasteiger partial charge in [-0.2, -0.15) is 0 Å². The molecule has 0 aromatic heterocycles. The third-order valence-corrected chi connectivity index (χ3v) is 3.91. The summed E-state index contributed by atoms with van der Waals surface area (Å²) in [5.41, 5.74) is 3.36. The van der Waals surface area contributed by atoms with Crippen molar-refractivity contribution in [1.29, 1.82) is 0 Å². The lowest BCUT2D eigenvalue weighted by Crippen LogP contribution is -2.36. The van der Waals surface area contributed by atoms with Crippen LogP contribution in [0.2, 0.25) is 0 Å². The minimum absolute atomic E-state index is 0. The number of nitrogens with zero attached hydrogens (tertiary/aromatic N) is 1. The number of hydrogen-bond donors (Lipinski definition) is 3. The highest BCUT2D eigenvalue weighted by Crippen LogP contribution is 2.16. The average molecular weight is 484 g/mol. The second-order valence-electron chi connectivity index (χ2n) is 5.71. The molecule has 0 aliphatic rings. The Bertz CT molecular complexity index is 693. The summed E-state index contributed by atoms with van der Waals surface area (Å²) in [7, 11) is 5.14. The fraction of sp³-hybridized carbons (Fsp3) is 0.350. The number of benzene rings is 2. The topological polar surface area (TPSA) is 66.9 Å². The molecule has 0 bridgehead atoms. The van der Waals surface area contributed by atoms with Crippen LogP contribution in [0.15, 0.2) is 53.5 Å². The summed E-state index contributed by atoms with van der Waals surface area (Å²) < 4.78 is 10.4. The number of rotatable bonds is 9. The third kappa shape index (κ3) is 8.04. The fourth-order valence-electron chi connectivity index (χ4n) is 2.47. The Kier molecular flexibility index (Phi) is 11.3. The zero-order chi connectivity index (χ0) is 18.6. The molecule has 0 fully saturated rings. The summed E-state index contributed by atoms with van der Waals surface area (Å²) in [6, 6.07) is 16.3. The van der Waals surface area contributed by atoms with E-state index in [0.29, 0.717) is 19.7 Å². The van der Waals surface area contributed by atoms with E-state index >= 15 is 0 Å². The first-order chi connectivity index (χ1) is 12.8. The number of anilines is 1. The van der Waals surface area contributed by atoms with Crippen molar-refractivity contribution in [2.24, 2.45) is 4.99 Å². The van der Waals surface area contributed by atoms with Gasteiger partial charge in [0.2, 0.25) is 0 Å². The number of guanidine groups is 1. The molecule has 0 saturated heterocycles. The van der Waals surface area contributed by atoms with E-state index in [4.69, 9.17) is 9.47 Å². The Morgan fingerprint density at radius 2 is 1.67 bits per heavy atom. The summed E-state index contributed by atoms with van der Waals surface area (Å²) in [6.45, 7) is 2.83. The Morgan fingerprint density at radius 3 is 2.33 bits per heavy atom. The Balaban J connectivity index is 0.00000364. The van der Waals surface area contributed by atoms with E-state index in [1.807, 2.05) is 24.3 Å². The molecule has 7 heteroatoms. The lowest BCUT2D eigenvalue weighted by atomic mass is 10.2. The van der Waals surface area contributed by atoms with Crippen LogP contribution >= 0.6 is 24.0 Å². The molecular formula is C20H29IN4O2. The lowest BCUT2D eigenvalue weighted by Gasteiger charge is -2.14. The number of para-hydroxylation sites is 1. The van der Waals surface area contributed by atoms with Crippen LogP contribution in [0.1, 0.15) is 11.1 Å². The van der Waals surface area contributed by atoms with Crippen molar-refractivity contribution in [3.63, 3.8) is 0 Å². The molecule has 0 saturated carbocycles. The number of methoxy groups -OCH3 is 2. The Labute approximate surface area is 178 Å². The van der Waals surface area contributed by atoms with Gasteiger partial charge in [-0.05, 0) is 23.8 Å². The van der Waals surface area contributed by atoms with E-state index in [-0.39, 0.29) is 24.0 Å². The molecule has 0 heterocycles. The fourth-order valence-corrected chi connectivity index (χ4v) is 2.47. The first-order valence-corrected chi connectivity index (χ1v) is 8.65. The highest BCUT2D eigenvalue weighted by molar-refractivity contribution is 14.0. The molecule has 2 rings (SSSR count). The molecule has 27 heavy (non-hydrogen) atoms. The summed E-state index contributed by atoms with van der Waals surface area (Å²) in [5.74, 6) is 1.62. The van der Waals surface area contributed by atoms with Gasteiger partial charge in [-0.15, -0.1) is 24.0 Å². The van der Waals surface area contributed by atoms with Crippen LogP contribution in [-0.4, -0.2) is 40.4 Å². The largest absolute Gasteiger partial charge is 0.496 e. The van der Waals surface area contributed by atoms with Crippen molar-refractivity contribution >= 4 is 35.6 Å². The normalized spacial score (nSPS) is 10.7. The van der Waals surface area contributed by atoms with Crippen LogP contribution in [0, 0.1) is 0 Å². The van der Waals surface area contributed by atoms with Crippen molar-refractivity contribution in [3.8, 4) is 5.75 Å². The molecular weight excluding hydrogens is 455 g/mol. The zero-order valence-electron chi connectivity index (χ0n) is 16.1. The third-order valence-electron chi connectivity index (χ3n) is 3.91. The molecule has 0 atom stereocenters. The van der Waals surface area contributed by atoms with Crippen LogP contribution in [-0.2, 0) is 17.8 Å². The first kappa shape index (κ1) is 23.0. The van der Waals surface area contributed by atoms with Gasteiger partial charge >= 0.3 is 0 Å². The molecule has 148 valence electrons. The zero-order valence-corrected chi connectivity index (χ0v) is 18.4. The summed E-state index contributed by atoms with van der Waals surface area (Å²) >= 11 is 0. The van der Waals surface area contributed by atoms with Crippen molar-refractivity contribution in [1.82, 2.24) is 10.6 Å². The maximum atomic E-state index is 5.37. The van der Waals surface area contributed by atoms with Crippen LogP contribution in [0.25, 0.3) is 0 Å². The van der Waals surface area contributed by atoms with Gasteiger partial charge in [-0.1, -0.05) is 30.3 Å². The van der Waals surface area contributed by atoms with Crippen molar-refractivity contribution in [3.05, 3.63) is 59.7 Å². The SMILES string of the molecule is CN=C(NCc1ccc(NCCOC)cc1)NCc1ccccc1OC.I. The summed E-state index contributed by atoms with van der Waals surface area (Å²) in [4.78, 5) is 4.27. The molecule has 2 aromatic carbocycles. The van der Waals surface area contributed by atoms with Crippen LogP contribution in [0.5, 0.6) is 5.75 Å². The van der Waals surface area contributed by atoms with E-state index in [0.717, 1.165) is 29.5 Å². The van der Waals surface area contributed by atoms with Crippen molar-refractivity contribution in [2.45, 2.75) is 13.1 Å². The van der Waals surface area contributed by atoms with E-state index in [1.165, 1.54) is 5.56 Å². The van der Waals surface area contributed by atoms with Gasteiger partial charge in [-0.25, -0.2) is 0 Å². The van der Waals surface area contributed by atoms with Gasteiger partial charge in [0.15, 0.2) is 5.96 Å².